The van der Waals surface area contributed by atoms with E-state index in [2.05, 4.69) is 22.0 Å². The maximum Gasteiger partial charge on any atom is 0.156 e. The van der Waals surface area contributed by atoms with Crippen LogP contribution in [0.3, 0.4) is 0 Å². The number of rotatable bonds is 6. The molecule has 0 fully saturated rings. The van der Waals surface area contributed by atoms with Crippen LogP contribution in [0.2, 0.25) is 5.02 Å². The number of nitriles is 1. The van der Waals surface area contributed by atoms with Crippen molar-refractivity contribution in [2.24, 2.45) is 5.41 Å². The van der Waals surface area contributed by atoms with Crippen LogP contribution < -0.4 is 10.5 Å². The smallest absolute Gasteiger partial charge is 0.156 e. The number of unbranched alkanes of at least 4 members (excludes halogenated alkanes) is 1. The lowest BCUT2D eigenvalue weighted by Crippen LogP contribution is -2.08. The maximum absolute atomic E-state index is 8.91. The lowest BCUT2D eigenvalue weighted by Gasteiger charge is -2.15. The Morgan fingerprint density at radius 1 is 1.42 bits per heavy atom. The molecule has 0 aromatic heterocycles. The highest BCUT2D eigenvalue weighted by molar-refractivity contribution is 9.10. The maximum atomic E-state index is 8.91. The number of nitrogens with zero attached hydrogens (tertiary/aromatic N) is 1. The van der Waals surface area contributed by atoms with Gasteiger partial charge in [-0.25, -0.2) is 0 Å². The lowest BCUT2D eigenvalue weighted by atomic mass is 9.89. The lowest BCUT2D eigenvalue weighted by molar-refractivity contribution is 0.295. The van der Waals surface area contributed by atoms with Crippen molar-refractivity contribution < 1.29 is 4.74 Å². The van der Waals surface area contributed by atoms with Crippen LogP contribution >= 0.6 is 27.5 Å². The van der Waals surface area contributed by atoms with Crippen LogP contribution in [-0.4, -0.2) is 6.61 Å². The Labute approximate surface area is 127 Å². The van der Waals surface area contributed by atoms with Crippen LogP contribution in [0.4, 0.5) is 5.69 Å². The van der Waals surface area contributed by atoms with E-state index in [0.717, 1.165) is 23.7 Å². The second kappa shape index (κ2) is 7.02. The molecule has 0 bridgehead atoms. The fourth-order valence-corrected chi connectivity index (χ4v) is 2.58. The number of nitrogen functional groups attached to an aromatic ring is 1. The van der Waals surface area contributed by atoms with E-state index in [1.54, 1.807) is 12.1 Å². The topological polar surface area (TPSA) is 59.0 Å². The van der Waals surface area contributed by atoms with E-state index in [1.807, 2.05) is 13.8 Å². The standard InChI is InChI=1S/C14H18BrClN2O/c1-14(2,9-17)5-3-4-6-19-13-11(15)7-10(16)8-12(13)18/h7-8H,3-6,18H2,1-2H3. The molecule has 0 unspecified atom stereocenters. The molecule has 0 saturated carbocycles. The molecule has 1 aromatic rings. The van der Waals surface area contributed by atoms with E-state index in [4.69, 9.17) is 27.3 Å². The van der Waals surface area contributed by atoms with E-state index in [9.17, 15) is 0 Å². The van der Waals surface area contributed by atoms with Gasteiger partial charge in [-0.2, -0.15) is 5.26 Å². The fourth-order valence-electron chi connectivity index (χ4n) is 1.63. The summed E-state index contributed by atoms with van der Waals surface area (Å²) in [6.07, 6.45) is 2.70. The highest BCUT2D eigenvalue weighted by atomic mass is 79.9. The minimum absolute atomic E-state index is 0.264. The predicted octanol–water partition coefficient (Wildman–Crippen LogP) is 4.78. The number of ether oxygens (including phenoxy) is 1. The van der Waals surface area contributed by atoms with Gasteiger partial charge in [0.05, 0.1) is 28.3 Å². The molecule has 19 heavy (non-hydrogen) atoms. The zero-order chi connectivity index (χ0) is 14.5. The first-order valence-electron chi connectivity index (χ1n) is 6.14. The summed E-state index contributed by atoms with van der Waals surface area (Å²) < 4.78 is 6.42. The molecule has 5 heteroatoms. The Morgan fingerprint density at radius 2 is 2.11 bits per heavy atom. The molecule has 0 aliphatic heterocycles. The summed E-state index contributed by atoms with van der Waals surface area (Å²) in [6.45, 7) is 4.47. The Kier molecular flexibility index (Phi) is 5.96. The normalized spacial score (nSPS) is 11.1. The molecule has 0 aliphatic carbocycles. The van der Waals surface area contributed by atoms with E-state index in [-0.39, 0.29) is 5.41 Å². The predicted molar refractivity (Wildman–Crippen MR) is 82.3 cm³/mol. The van der Waals surface area contributed by atoms with Crippen molar-refractivity contribution in [1.29, 1.82) is 5.26 Å². The summed E-state index contributed by atoms with van der Waals surface area (Å²) in [7, 11) is 0. The monoisotopic (exact) mass is 344 g/mol. The summed E-state index contributed by atoms with van der Waals surface area (Å²) >= 11 is 9.25. The van der Waals surface area contributed by atoms with Crippen LogP contribution in [0.5, 0.6) is 5.75 Å². The first-order chi connectivity index (χ1) is 8.85. The highest BCUT2D eigenvalue weighted by Crippen LogP contribution is 2.34. The zero-order valence-corrected chi connectivity index (χ0v) is 13.5. The first-order valence-corrected chi connectivity index (χ1v) is 7.31. The summed E-state index contributed by atoms with van der Waals surface area (Å²) in [6, 6.07) is 5.71. The van der Waals surface area contributed by atoms with Crippen molar-refractivity contribution in [1.82, 2.24) is 0 Å². The van der Waals surface area contributed by atoms with Crippen molar-refractivity contribution in [3.05, 3.63) is 21.6 Å². The Hall–Kier alpha value is -0.920. The molecule has 0 atom stereocenters. The van der Waals surface area contributed by atoms with E-state index < -0.39 is 0 Å². The quantitative estimate of drug-likeness (QED) is 0.596. The van der Waals surface area contributed by atoms with Crippen molar-refractivity contribution in [3.63, 3.8) is 0 Å². The summed E-state index contributed by atoms with van der Waals surface area (Å²) in [5.74, 6) is 0.629. The molecule has 3 nitrogen and oxygen atoms in total. The Balaban J connectivity index is 2.41. The van der Waals surface area contributed by atoms with Crippen LogP contribution in [0.1, 0.15) is 33.1 Å². The second-order valence-corrected chi connectivity index (χ2v) is 6.40. The summed E-state index contributed by atoms with van der Waals surface area (Å²) in [5, 5.41) is 9.49. The molecule has 0 heterocycles. The van der Waals surface area contributed by atoms with Gasteiger partial charge in [-0.1, -0.05) is 11.6 Å². The number of hydrogen-bond donors (Lipinski definition) is 1. The van der Waals surface area contributed by atoms with Crippen LogP contribution in [0, 0.1) is 16.7 Å². The average Bonchev–Trinajstić information content (AvgIpc) is 2.31. The van der Waals surface area contributed by atoms with Gasteiger partial charge in [0.1, 0.15) is 0 Å². The highest BCUT2D eigenvalue weighted by Gasteiger charge is 2.15. The van der Waals surface area contributed by atoms with Gasteiger partial charge in [0.15, 0.2) is 5.75 Å². The van der Waals surface area contributed by atoms with Crippen molar-refractivity contribution in [2.75, 3.05) is 12.3 Å². The summed E-state index contributed by atoms with van der Waals surface area (Å²) in [4.78, 5) is 0. The van der Waals surface area contributed by atoms with Crippen LogP contribution in [-0.2, 0) is 0 Å². The van der Waals surface area contributed by atoms with Gasteiger partial charge >= 0.3 is 0 Å². The van der Waals surface area contributed by atoms with Crippen molar-refractivity contribution >= 4 is 33.2 Å². The number of anilines is 1. The molecule has 0 aliphatic rings. The van der Waals surface area contributed by atoms with Gasteiger partial charge in [-0.15, -0.1) is 0 Å². The van der Waals surface area contributed by atoms with Crippen molar-refractivity contribution in [3.8, 4) is 11.8 Å². The first kappa shape index (κ1) is 16.1. The molecule has 0 spiro atoms. The molecule has 0 saturated heterocycles. The van der Waals surface area contributed by atoms with Crippen LogP contribution in [0.25, 0.3) is 0 Å². The molecule has 1 aromatic carbocycles. The Morgan fingerprint density at radius 3 is 2.68 bits per heavy atom. The number of nitrogens with two attached hydrogens (primary N) is 1. The van der Waals surface area contributed by atoms with E-state index in [0.29, 0.717) is 23.1 Å². The molecule has 0 amide bonds. The van der Waals surface area contributed by atoms with Gasteiger partial charge in [0.2, 0.25) is 0 Å². The third kappa shape index (κ3) is 5.30. The summed E-state index contributed by atoms with van der Waals surface area (Å²) in [5.41, 5.74) is 6.11. The fraction of sp³-hybridized carbons (Fsp3) is 0.500. The minimum atomic E-state index is -0.264. The SMILES string of the molecule is CC(C)(C#N)CCCCOc1c(N)cc(Cl)cc1Br. The third-order valence-electron chi connectivity index (χ3n) is 2.78. The largest absolute Gasteiger partial charge is 0.490 e. The second-order valence-electron chi connectivity index (χ2n) is 5.11. The average molecular weight is 346 g/mol. The molecule has 0 radical (unpaired) electrons. The number of halogens is 2. The van der Waals surface area contributed by atoms with Gasteiger partial charge in [0, 0.05) is 5.02 Å². The number of hydrogen-bond acceptors (Lipinski definition) is 3. The van der Waals surface area contributed by atoms with Crippen molar-refractivity contribution in [2.45, 2.75) is 33.1 Å². The molecular formula is C14H18BrClN2O. The Bertz CT molecular complexity index is 460. The van der Waals surface area contributed by atoms with E-state index in [1.165, 1.54) is 0 Å². The van der Waals surface area contributed by atoms with Gasteiger partial charge in [-0.05, 0) is 61.2 Å². The minimum Gasteiger partial charge on any atom is -0.490 e. The molecule has 104 valence electrons. The van der Waals surface area contributed by atoms with Crippen LogP contribution in [0.15, 0.2) is 16.6 Å². The van der Waals surface area contributed by atoms with Gasteiger partial charge in [0.25, 0.3) is 0 Å². The van der Waals surface area contributed by atoms with E-state index >= 15 is 0 Å². The number of benzene rings is 1. The molecule has 2 N–H and O–H groups in total. The molecular weight excluding hydrogens is 328 g/mol. The van der Waals surface area contributed by atoms with Gasteiger partial charge in [-0.3, -0.25) is 0 Å². The third-order valence-corrected chi connectivity index (χ3v) is 3.59. The van der Waals surface area contributed by atoms with Gasteiger partial charge < -0.3 is 10.5 Å². The zero-order valence-electron chi connectivity index (χ0n) is 11.2. The molecule has 1 rings (SSSR count).